The monoisotopic (exact) mass is 807 g/mol. The molecule has 0 aromatic carbocycles. The van der Waals surface area contributed by atoms with E-state index in [2.05, 4.69) is 93.7 Å². The molecule has 0 aromatic rings. The molecule has 58 heavy (non-hydrogen) atoms. The number of hydrogen-bond acceptors (Lipinski definition) is 5. The molecule has 0 aromatic heterocycles. The van der Waals surface area contributed by atoms with Crippen molar-refractivity contribution < 1.29 is 23.8 Å². The third kappa shape index (κ3) is 45.8. The maximum atomic E-state index is 12.7. The summed E-state index contributed by atoms with van der Waals surface area (Å²) in [6, 6.07) is 0. The molecule has 0 aliphatic carbocycles. The molecule has 5 nitrogen and oxygen atoms in total. The SMILES string of the molecule is CC/C=C\C/C=C\C/C=C\C/C=C\C/C=C\CC(=O)OC(COCCCCCCCCCCCC)COC(=O)CCCCCCCCC/C=C\C/C=C\CCCCC. The molecule has 0 aliphatic rings. The van der Waals surface area contributed by atoms with Crippen molar-refractivity contribution in [2.45, 2.75) is 219 Å². The van der Waals surface area contributed by atoms with Crippen LogP contribution in [0.1, 0.15) is 213 Å². The summed E-state index contributed by atoms with van der Waals surface area (Å²) in [5.41, 5.74) is 0. The van der Waals surface area contributed by atoms with Gasteiger partial charge in [0.25, 0.3) is 0 Å². The molecule has 0 aliphatic heterocycles. The van der Waals surface area contributed by atoms with Crippen molar-refractivity contribution in [3.8, 4) is 0 Å². The largest absolute Gasteiger partial charge is 0.462 e. The number of hydrogen-bond donors (Lipinski definition) is 0. The Bertz CT molecular complexity index is 1090. The van der Waals surface area contributed by atoms with E-state index < -0.39 is 6.10 Å². The van der Waals surface area contributed by atoms with Crippen molar-refractivity contribution in [2.24, 2.45) is 0 Å². The third-order valence-corrected chi connectivity index (χ3v) is 9.95. The van der Waals surface area contributed by atoms with E-state index in [0.717, 1.165) is 70.6 Å². The number of ether oxygens (including phenoxy) is 3. The van der Waals surface area contributed by atoms with Gasteiger partial charge in [0, 0.05) is 13.0 Å². The highest BCUT2D eigenvalue weighted by atomic mass is 16.6. The van der Waals surface area contributed by atoms with E-state index in [-0.39, 0.29) is 31.6 Å². The Kier molecular flexibility index (Phi) is 46.0. The van der Waals surface area contributed by atoms with Gasteiger partial charge in [-0.25, -0.2) is 0 Å². The van der Waals surface area contributed by atoms with Crippen molar-refractivity contribution in [3.05, 3.63) is 85.1 Å². The molecule has 0 amide bonds. The van der Waals surface area contributed by atoms with Gasteiger partial charge in [0.15, 0.2) is 6.10 Å². The second-order valence-electron chi connectivity index (χ2n) is 15.7. The van der Waals surface area contributed by atoms with Gasteiger partial charge in [-0.2, -0.15) is 0 Å². The molecule has 5 heteroatoms. The van der Waals surface area contributed by atoms with Crippen molar-refractivity contribution in [1.82, 2.24) is 0 Å². The first-order chi connectivity index (χ1) is 28.6. The molecule has 0 spiro atoms. The van der Waals surface area contributed by atoms with Gasteiger partial charge in [0.05, 0.1) is 13.0 Å². The first kappa shape index (κ1) is 55.1. The molecule has 0 bridgehead atoms. The summed E-state index contributed by atoms with van der Waals surface area (Å²) in [5, 5.41) is 0. The first-order valence-electron chi connectivity index (χ1n) is 24.1. The van der Waals surface area contributed by atoms with Gasteiger partial charge >= 0.3 is 11.9 Å². The minimum atomic E-state index is -0.593. The lowest BCUT2D eigenvalue weighted by Crippen LogP contribution is -2.29. The van der Waals surface area contributed by atoms with E-state index in [4.69, 9.17) is 14.2 Å². The molecule has 332 valence electrons. The molecule has 0 saturated carbocycles. The van der Waals surface area contributed by atoms with E-state index >= 15 is 0 Å². The van der Waals surface area contributed by atoms with Gasteiger partial charge in [-0.3, -0.25) is 9.59 Å². The topological polar surface area (TPSA) is 61.8 Å². The number of unbranched alkanes of at least 4 members (excludes halogenated alkanes) is 19. The lowest BCUT2D eigenvalue weighted by atomic mass is 10.1. The minimum Gasteiger partial charge on any atom is -0.462 e. The van der Waals surface area contributed by atoms with Gasteiger partial charge in [-0.1, -0.05) is 209 Å². The van der Waals surface area contributed by atoms with Crippen LogP contribution in [0.15, 0.2) is 85.1 Å². The van der Waals surface area contributed by atoms with E-state index in [1.165, 1.54) is 109 Å². The normalized spacial score (nSPS) is 12.9. The van der Waals surface area contributed by atoms with Crippen molar-refractivity contribution in [2.75, 3.05) is 19.8 Å². The van der Waals surface area contributed by atoms with Crippen LogP contribution in [0.5, 0.6) is 0 Å². The number of carbonyl (C=O) groups is 2. The fourth-order valence-corrected chi connectivity index (χ4v) is 6.38. The molecule has 0 rings (SSSR count). The Morgan fingerprint density at radius 3 is 1.36 bits per heavy atom. The standard InChI is InChI=1S/C53H90O5/c1-4-7-10-13-16-19-22-24-26-27-29-30-32-34-37-40-43-46-52(54)57-50-51(49-56-48-45-42-39-36-21-18-15-12-9-6-3)58-53(55)47-44-41-38-35-33-31-28-25-23-20-17-14-11-8-5-2/h8,11,16-17,19-20,24-26,28,33,35,41,44,51H,4-7,9-10,12-15,18,21-23,27,29-32,34,36-40,42-43,45-50H2,1-3H3/b11-8-,19-16-,20-17-,26-24-,28-25-,35-33-,44-41-. The van der Waals surface area contributed by atoms with Gasteiger partial charge in [-0.05, 0) is 77.0 Å². The Morgan fingerprint density at radius 1 is 0.414 bits per heavy atom. The molecule has 0 heterocycles. The van der Waals surface area contributed by atoms with Crippen molar-refractivity contribution in [3.63, 3.8) is 0 Å². The third-order valence-electron chi connectivity index (χ3n) is 9.95. The van der Waals surface area contributed by atoms with Gasteiger partial charge < -0.3 is 14.2 Å². The van der Waals surface area contributed by atoms with Crippen molar-refractivity contribution in [1.29, 1.82) is 0 Å². The van der Waals surface area contributed by atoms with Crippen LogP contribution in [0.25, 0.3) is 0 Å². The number of esters is 2. The Balaban J connectivity index is 4.37. The zero-order valence-electron chi connectivity index (χ0n) is 38.0. The molecular weight excluding hydrogens is 717 g/mol. The molecule has 0 saturated heterocycles. The minimum absolute atomic E-state index is 0.0396. The molecule has 0 radical (unpaired) electrons. The van der Waals surface area contributed by atoms with E-state index in [1.807, 2.05) is 12.2 Å². The zero-order chi connectivity index (χ0) is 42.1. The summed E-state index contributed by atoms with van der Waals surface area (Å²) in [6.45, 7) is 7.57. The van der Waals surface area contributed by atoms with Crippen LogP contribution in [0.2, 0.25) is 0 Å². The van der Waals surface area contributed by atoms with E-state index in [9.17, 15) is 9.59 Å². The highest BCUT2D eigenvalue weighted by Crippen LogP contribution is 2.13. The van der Waals surface area contributed by atoms with E-state index in [0.29, 0.717) is 13.0 Å². The van der Waals surface area contributed by atoms with Crippen LogP contribution in [0.3, 0.4) is 0 Å². The Morgan fingerprint density at radius 2 is 0.828 bits per heavy atom. The number of allylic oxidation sites excluding steroid dienone is 13. The average Bonchev–Trinajstić information content (AvgIpc) is 3.22. The summed E-state index contributed by atoms with van der Waals surface area (Å²) in [4.78, 5) is 25.2. The molecule has 0 fully saturated rings. The fourth-order valence-electron chi connectivity index (χ4n) is 6.38. The smallest absolute Gasteiger partial charge is 0.310 e. The first-order valence-corrected chi connectivity index (χ1v) is 24.1. The van der Waals surface area contributed by atoms with Crippen LogP contribution >= 0.6 is 0 Å². The Labute approximate surface area is 359 Å². The second-order valence-corrected chi connectivity index (χ2v) is 15.7. The zero-order valence-corrected chi connectivity index (χ0v) is 38.0. The average molecular weight is 807 g/mol. The summed E-state index contributed by atoms with van der Waals surface area (Å²) in [7, 11) is 0. The molecule has 0 N–H and O–H groups in total. The number of carbonyl (C=O) groups excluding carboxylic acids is 2. The maximum absolute atomic E-state index is 12.7. The summed E-state index contributed by atoms with van der Waals surface area (Å²) >= 11 is 0. The van der Waals surface area contributed by atoms with Crippen LogP contribution in [-0.4, -0.2) is 37.9 Å². The highest BCUT2D eigenvalue weighted by Gasteiger charge is 2.17. The molecule has 1 atom stereocenters. The summed E-state index contributed by atoms with van der Waals surface area (Å²) in [5.74, 6) is -0.553. The molecular formula is C53H90O5. The molecule has 1 unspecified atom stereocenters. The second kappa shape index (κ2) is 48.4. The summed E-state index contributed by atoms with van der Waals surface area (Å²) in [6.07, 6.45) is 63.2. The van der Waals surface area contributed by atoms with Crippen LogP contribution in [0.4, 0.5) is 0 Å². The lowest BCUT2D eigenvalue weighted by molar-refractivity contribution is -0.162. The van der Waals surface area contributed by atoms with Gasteiger partial charge in [0.1, 0.15) is 6.61 Å². The van der Waals surface area contributed by atoms with Crippen molar-refractivity contribution >= 4 is 11.9 Å². The van der Waals surface area contributed by atoms with Gasteiger partial charge in [-0.15, -0.1) is 0 Å². The predicted molar refractivity (Wildman–Crippen MR) is 251 cm³/mol. The number of rotatable bonds is 43. The quantitative estimate of drug-likeness (QED) is 0.0349. The summed E-state index contributed by atoms with van der Waals surface area (Å²) < 4.78 is 17.2. The Hall–Kier alpha value is -2.92. The predicted octanol–water partition coefficient (Wildman–Crippen LogP) is 16.1. The highest BCUT2D eigenvalue weighted by molar-refractivity contribution is 5.71. The lowest BCUT2D eigenvalue weighted by Gasteiger charge is -2.18. The van der Waals surface area contributed by atoms with Crippen LogP contribution in [0, 0.1) is 0 Å². The van der Waals surface area contributed by atoms with Gasteiger partial charge in [0.2, 0.25) is 0 Å². The fraction of sp³-hybridized carbons (Fsp3) is 0.698. The van der Waals surface area contributed by atoms with E-state index in [1.54, 1.807) is 0 Å². The maximum Gasteiger partial charge on any atom is 0.310 e. The van der Waals surface area contributed by atoms with Crippen LogP contribution < -0.4 is 0 Å². The van der Waals surface area contributed by atoms with Crippen LogP contribution in [-0.2, 0) is 23.8 Å².